The van der Waals surface area contributed by atoms with Gasteiger partial charge in [0.15, 0.2) is 0 Å². The second-order valence-corrected chi connectivity index (χ2v) is 4.02. The maximum absolute atomic E-state index is 10.4. The fourth-order valence-corrected chi connectivity index (χ4v) is 1.94. The highest BCUT2D eigenvalue weighted by molar-refractivity contribution is 7.13. The molecule has 0 saturated carbocycles. The minimum absolute atomic E-state index is 0.163. The van der Waals surface area contributed by atoms with Gasteiger partial charge in [0.1, 0.15) is 5.76 Å². The summed E-state index contributed by atoms with van der Waals surface area (Å²) >= 11 is 1.13. The zero-order valence-corrected chi connectivity index (χ0v) is 9.07. The molecule has 2 aromatic rings. The summed E-state index contributed by atoms with van der Waals surface area (Å²) in [4.78, 5) is 10.1. The van der Waals surface area contributed by atoms with Crippen LogP contribution in [0.5, 0.6) is 0 Å². The molecule has 0 amide bonds. The lowest BCUT2D eigenvalue weighted by Gasteiger charge is -1.98. The van der Waals surface area contributed by atoms with Crippen molar-refractivity contribution in [3.05, 3.63) is 45.1 Å². The van der Waals surface area contributed by atoms with E-state index in [0.717, 1.165) is 22.7 Å². The third kappa shape index (κ3) is 2.65. The number of aromatic nitrogens is 1. The molecular formula is C9H9N3O3S. The third-order valence-corrected chi connectivity index (χ3v) is 2.87. The lowest BCUT2D eigenvalue weighted by atomic mass is 10.3. The van der Waals surface area contributed by atoms with Gasteiger partial charge in [-0.2, -0.15) is 0 Å². The minimum Gasteiger partial charge on any atom is -0.360 e. The topological polar surface area (TPSA) is 81.2 Å². The molecule has 2 aromatic heterocycles. The quantitative estimate of drug-likeness (QED) is 0.637. The van der Waals surface area contributed by atoms with Gasteiger partial charge in [0.2, 0.25) is 0 Å². The molecule has 16 heavy (non-hydrogen) atoms. The molecule has 84 valence electrons. The molecule has 0 unspecified atom stereocenters. The van der Waals surface area contributed by atoms with Crippen LogP contribution < -0.4 is 5.32 Å². The molecule has 0 aromatic carbocycles. The monoisotopic (exact) mass is 239 g/mol. The zero-order chi connectivity index (χ0) is 11.4. The van der Waals surface area contributed by atoms with Crippen molar-refractivity contribution in [2.45, 2.75) is 13.1 Å². The Morgan fingerprint density at radius 3 is 3.06 bits per heavy atom. The average Bonchev–Trinajstić information content (AvgIpc) is 2.87. The van der Waals surface area contributed by atoms with Crippen molar-refractivity contribution in [3.63, 3.8) is 0 Å². The molecule has 0 bridgehead atoms. The lowest BCUT2D eigenvalue weighted by molar-refractivity contribution is -0.380. The SMILES string of the molecule is O=[N+]([O-])c1cc(CNCc2ccno2)cs1. The van der Waals surface area contributed by atoms with Crippen LogP contribution in [-0.2, 0) is 13.1 Å². The van der Waals surface area contributed by atoms with Gasteiger partial charge < -0.3 is 9.84 Å². The summed E-state index contributed by atoms with van der Waals surface area (Å²) in [6.07, 6.45) is 1.58. The van der Waals surface area contributed by atoms with E-state index in [9.17, 15) is 10.1 Å². The van der Waals surface area contributed by atoms with E-state index in [1.165, 1.54) is 0 Å². The first kappa shape index (κ1) is 10.8. The van der Waals surface area contributed by atoms with E-state index in [-0.39, 0.29) is 9.92 Å². The summed E-state index contributed by atoms with van der Waals surface area (Å²) in [5, 5.41) is 19.1. The van der Waals surface area contributed by atoms with Crippen LogP contribution >= 0.6 is 11.3 Å². The molecule has 7 heteroatoms. The van der Waals surface area contributed by atoms with Gasteiger partial charge in [0.05, 0.1) is 17.7 Å². The molecule has 6 nitrogen and oxygen atoms in total. The summed E-state index contributed by atoms with van der Waals surface area (Å²) in [7, 11) is 0. The lowest BCUT2D eigenvalue weighted by Crippen LogP contribution is -2.11. The van der Waals surface area contributed by atoms with Gasteiger partial charge in [0, 0.05) is 24.1 Å². The van der Waals surface area contributed by atoms with Crippen molar-refractivity contribution < 1.29 is 9.45 Å². The van der Waals surface area contributed by atoms with Crippen LogP contribution in [0.15, 0.2) is 28.2 Å². The molecule has 0 atom stereocenters. The van der Waals surface area contributed by atoms with Gasteiger partial charge in [-0.3, -0.25) is 10.1 Å². The van der Waals surface area contributed by atoms with Gasteiger partial charge in [-0.05, 0) is 5.56 Å². The predicted octanol–water partition coefficient (Wildman–Crippen LogP) is 1.93. The van der Waals surface area contributed by atoms with Crippen molar-refractivity contribution in [2.75, 3.05) is 0 Å². The Bertz CT molecular complexity index is 466. The molecule has 0 radical (unpaired) electrons. The summed E-state index contributed by atoms with van der Waals surface area (Å²) in [6, 6.07) is 3.33. The van der Waals surface area contributed by atoms with E-state index in [4.69, 9.17) is 4.52 Å². The fraction of sp³-hybridized carbons (Fsp3) is 0.222. The van der Waals surface area contributed by atoms with E-state index in [2.05, 4.69) is 10.5 Å². The number of hydrogen-bond donors (Lipinski definition) is 1. The van der Waals surface area contributed by atoms with Crippen LogP contribution in [0.2, 0.25) is 0 Å². The number of rotatable bonds is 5. The Morgan fingerprint density at radius 2 is 2.44 bits per heavy atom. The fourth-order valence-electron chi connectivity index (χ4n) is 1.21. The zero-order valence-electron chi connectivity index (χ0n) is 8.25. The number of hydrogen-bond acceptors (Lipinski definition) is 6. The Balaban J connectivity index is 1.83. The van der Waals surface area contributed by atoms with Crippen molar-refractivity contribution in [2.24, 2.45) is 0 Å². The van der Waals surface area contributed by atoms with Crippen molar-refractivity contribution >= 4 is 16.3 Å². The highest BCUT2D eigenvalue weighted by atomic mass is 32.1. The minimum atomic E-state index is -0.384. The van der Waals surface area contributed by atoms with Crippen LogP contribution in [-0.4, -0.2) is 10.1 Å². The summed E-state index contributed by atoms with van der Waals surface area (Å²) in [5.41, 5.74) is 0.899. The van der Waals surface area contributed by atoms with E-state index >= 15 is 0 Å². The first-order chi connectivity index (χ1) is 7.75. The van der Waals surface area contributed by atoms with Gasteiger partial charge in [-0.25, -0.2) is 0 Å². The molecule has 0 spiro atoms. The van der Waals surface area contributed by atoms with Crippen LogP contribution in [0.4, 0.5) is 5.00 Å². The number of thiophene rings is 1. The van der Waals surface area contributed by atoms with Crippen molar-refractivity contribution in [3.8, 4) is 0 Å². The highest BCUT2D eigenvalue weighted by Gasteiger charge is 2.09. The van der Waals surface area contributed by atoms with Crippen molar-refractivity contribution in [1.82, 2.24) is 10.5 Å². The van der Waals surface area contributed by atoms with Gasteiger partial charge in [-0.1, -0.05) is 16.5 Å². The van der Waals surface area contributed by atoms with Crippen molar-refractivity contribution in [1.29, 1.82) is 0 Å². The normalized spacial score (nSPS) is 10.5. The maximum Gasteiger partial charge on any atom is 0.324 e. The first-order valence-electron chi connectivity index (χ1n) is 4.58. The van der Waals surface area contributed by atoms with Crippen LogP contribution in [0.3, 0.4) is 0 Å². The van der Waals surface area contributed by atoms with E-state index < -0.39 is 0 Å². The van der Waals surface area contributed by atoms with Gasteiger partial charge in [0.25, 0.3) is 0 Å². The molecule has 0 aliphatic heterocycles. The Morgan fingerprint density at radius 1 is 1.56 bits per heavy atom. The summed E-state index contributed by atoms with van der Waals surface area (Å²) in [5.74, 6) is 0.740. The molecule has 0 aliphatic rings. The third-order valence-electron chi connectivity index (χ3n) is 1.94. The standard InChI is InChI=1S/C9H9N3O3S/c13-12(14)9-3-7(6-16-9)4-10-5-8-1-2-11-15-8/h1-3,6,10H,4-5H2. The summed E-state index contributed by atoms with van der Waals surface area (Å²) < 4.78 is 4.90. The van der Waals surface area contributed by atoms with Crippen LogP contribution in [0.1, 0.15) is 11.3 Å². The van der Waals surface area contributed by atoms with Gasteiger partial charge in [-0.15, -0.1) is 0 Å². The van der Waals surface area contributed by atoms with E-state index in [0.29, 0.717) is 13.1 Å². The molecule has 2 rings (SSSR count). The number of nitrogens with one attached hydrogen (secondary N) is 1. The van der Waals surface area contributed by atoms with Gasteiger partial charge >= 0.3 is 5.00 Å². The second-order valence-electron chi connectivity index (χ2n) is 3.13. The van der Waals surface area contributed by atoms with Crippen LogP contribution in [0, 0.1) is 10.1 Å². The molecular weight excluding hydrogens is 230 g/mol. The predicted molar refractivity (Wildman–Crippen MR) is 58.0 cm³/mol. The molecule has 0 saturated heterocycles. The second kappa shape index (κ2) is 4.86. The van der Waals surface area contributed by atoms with Crippen LogP contribution in [0.25, 0.3) is 0 Å². The van der Waals surface area contributed by atoms with E-state index in [1.54, 1.807) is 23.7 Å². The number of nitro groups is 1. The maximum atomic E-state index is 10.4. The smallest absolute Gasteiger partial charge is 0.324 e. The summed E-state index contributed by atoms with van der Waals surface area (Å²) in [6.45, 7) is 1.13. The Hall–Kier alpha value is -1.73. The highest BCUT2D eigenvalue weighted by Crippen LogP contribution is 2.22. The molecule has 0 fully saturated rings. The molecule has 1 N–H and O–H groups in total. The average molecular weight is 239 g/mol. The molecule has 2 heterocycles. The Kier molecular flexibility index (Phi) is 3.28. The first-order valence-corrected chi connectivity index (χ1v) is 5.46. The van der Waals surface area contributed by atoms with E-state index in [1.807, 2.05) is 0 Å². The Labute approximate surface area is 95.0 Å². The largest absolute Gasteiger partial charge is 0.360 e. The molecule has 0 aliphatic carbocycles. The number of nitrogens with zero attached hydrogens (tertiary/aromatic N) is 2.